The first-order valence-corrected chi connectivity index (χ1v) is 8.45. The van der Waals surface area contributed by atoms with E-state index in [1.54, 1.807) is 0 Å². The van der Waals surface area contributed by atoms with E-state index >= 15 is 0 Å². The topological polar surface area (TPSA) is 67.3 Å². The minimum Gasteiger partial charge on any atom is -0.384 e. The van der Waals surface area contributed by atoms with E-state index < -0.39 is 37.7 Å². The molecular formula is C12H13ClF3NO3S. The smallest absolute Gasteiger partial charge is 0.384 e. The molecule has 2 unspecified atom stereocenters. The van der Waals surface area contributed by atoms with Gasteiger partial charge in [-0.1, -0.05) is 17.7 Å². The summed E-state index contributed by atoms with van der Waals surface area (Å²) in [5, 5.41) is 9.03. The van der Waals surface area contributed by atoms with Gasteiger partial charge in [-0.2, -0.15) is 13.2 Å². The van der Waals surface area contributed by atoms with Gasteiger partial charge < -0.3 is 5.11 Å². The van der Waals surface area contributed by atoms with Crippen molar-refractivity contribution < 1.29 is 26.7 Å². The Morgan fingerprint density at radius 2 is 2.05 bits per heavy atom. The monoisotopic (exact) mass is 343 g/mol. The Morgan fingerprint density at radius 1 is 1.43 bits per heavy atom. The van der Waals surface area contributed by atoms with Gasteiger partial charge in [0.25, 0.3) is 0 Å². The molecule has 0 aromatic carbocycles. The normalized spacial score (nSPS) is 27.0. The maximum absolute atomic E-state index is 12.6. The van der Waals surface area contributed by atoms with Crippen LogP contribution in [0.25, 0.3) is 0 Å². The first kappa shape index (κ1) is 16.5. The lowest BCUT2D eigenvalue weighted by Crippen LogP contribution is -2.40. The van der Waals surface area contributed by atoms with Crippen LogP contribution in [0.4, 0.5) is 13.2 Å². The average molecular weight is 344 g/mol. The van der Waals surface area contributed by atoms with Crippen molar-refractivity contribution in [3.05, 3.63) is 28.5 Å². The fourth-order valence-electron chi connectivity index (χ4n) is 2.75. The fraction of sp³-hybridized carbons (Fsp3) is 0.583. The third-order valence-electron chi connectivity index (χ3n) is 3.68. The van der Waals surface area contributed by atoms with E-state index in [2.05, 4.69) is 4.98 Å². The Balaban J connectivity index is 2.51. The lowest BCUT2D eigenvalue weighted by Gasteiger charge is -2.30. The highest BCUT2D eigenvalue weighted by Crippen LogP contribution is 2.45. The zero-order valence-corrected chi connectivity index (χ0v) is 12.6. The first-order chi connectivity index (χ1) is 9.46. The Labute approximate surface area is 124 Å². The predicted octanol–water partition coefficient (Wildman–Crippen LogP) is 2.54. The molecule has 1 aliphatic rings. The second-order valence-corrected chi connectivity index (χ2v) is 7.75. The van der Waals surface area contributed by atoms with Crippen molar-refractivity contribution in [1.29, 1.82) is 0 Å². The maximum Gasteiger partial charge on any atom is 0.433 e. The number of sulfone groups is 1. The molecule has 1 aromatic heterocycles. The van der Waals surface area contributed by atoms with Gasteiger partial charge in [0.05, 0.1) is 5.25 Å². The standard InChI is InChI=1S/C12H13ClF3NO3S/c1-21(19,20)9-3-2-6-11(9,18)7-4-5-8(12(14,15)16)17-10(7)13/h4-5,9,18H,2-3,6H2,1H3. The first-order valence-electron chi connectivity index (χ1n) is 6.12. The molecule has 118 valence electrons. The molecule has 1 aromatic rings. The van der Waals surface area contributed by atoms with Crippen molar-refractivity contribution >= 4 is 21.4 Å². The van der Waals surface area contributed by atoms with Gasteiger partial charge in [-0.25, -0.2) is 13.4 Å². The van der Waals surface area contributed by atoms with Gasteiger partial charge in [-0.3, -0.25) is 0 Å². The Bertz CT molecular complexity index is 662. The summed E-state index contributed by atoms with van der Waals surface area (Å²) in [5.74, 6) is 0. The molecular weight excluding hydrogens is 331 g/mol. The summed E-state index contributed by atoms with van der Waals surface area (Å²) in [7, 11) is -3.57. The zero-order valence-electron chi connectivity index (χ0n) is 11.0. The number of halogens is 4. The molecule has 0 radical (unpaired) electrons. The molecule has 2 rings (SSSR count). The lowest BCUT2D eigenvalue weighted by atomic mass is 9.93. The van der Waals surface area contributed by atoms with Gasteiger partial charge in [-0.05, 0) is 25.3 Å². The van der Waals surface area contributed by atoms with Crippen LogP contribution in [-0.4, -0.2) is 30.0 Å². The number of aliphatic hydroxyl groups is 1. The van der Waals surface area contributed by atoms with Crippen LogP contribution < -0.4 is 0 Å². The number of aromatic nitrogens is 1. The second-order valence-electron chi connectivity index (χ2n) is 5.17. The molecule has 0 saturated heterocycles. The van der Waals surface area contributed by atoms with Crippen LogP contribution in [0.15, 0.2) is 12.1 Å². The highest BCUT2D eigenvalue weighted by molar-refractivity contribution is 7.91. The molecule has 1 N–H and O–H groups in total. The van der Waals surface area contributed by atoms with E-state index in [4.69, 9.17) is 11.6 Å². The maximum atomic E-state index is 12.6. The van der Waals surface area contributed by atoms with E-state index in [-0.39, 0.29) is 18.4 Å². The molecule has 1 heterocycles. The van der Waals surface area contributed by atoms with Gasteiger partial charge >= 0.3 is 6.18 Å². The molecule has 0 bridgehead atoms. The van der Waals surface area contributed by atoms with E-state index in [0.717, 1.165) is 12.3 Å². The van der Waals surface area contributed by atoms with Crippen LogP contribution in [0.5, 0.6) is 0 Å². The van der Waals surface area contributed by atoms with E-state index in [9.17, 15) is 26.7 Å². The summed E-state index contributed by atoms with van der Waals surface area (Å²) >= 11 is 5.75. The molecule has 21 heavy (non-hydrogen) atoms. The molecule has 9 heteroatoms. The number of hydrogen-bond acceptors (Lipinski definition) is 4. The van der Waals surface area contributed by atoms with E-state index in [1.807, 2.05) is 0 Å². The van der Waals surface area contributed by atoms with Gasteiger partial charge in [0.1, 0.15) is 16.4 Å². The SMILES string of the molecule is CS(=O)(=O)C1CCCC1(O)c1ccc(C(F)(F)F)nc1Cl. The number of hydrogen-bond donors (Lipinski definition) is 1. The number of nitrogens with zero attached hydrogens (tertiary/aromatic N) is 1. The molecule has 1 saturated carbocycles. The summed E-state index contributed by atoms with van der Waals surface area (Å²) < 4.78 is 61.2. The Morgan fingerprint density at radius 3 is 2.52 bits per heavy atom. The van der Waals surface area contributed by atoms with Crippen LogP contribution in [-0.2, 0) is 21.6 Å². The third-order valence-corrected chi connectivity index (χ3v) is 5.63. The molecule has 2 atom stereocenters. The number of pyridine rings is 1. The molecule has 0 amide bonds. The molecule has 0 spiro atoms. The van der Waals surface area contributed by atoms with Crippen LogP contribution in [0, 0.1) is 0 Å². The molecule has 0 aliphatic heterocycles. The Hall–Kier alpha value is -0.860. The van der Waals surface area contributed by atoms with E-state index in [0.29, 0.717) is 12.5 Å². The largest absolute Gasteiger partial charge is 0.433 e. The zero-order chi connectivity index (χ0) is 16.1. The lowest BCUT2D eigenvalue weighted by molar-refractivity contribution is -0.141. The van der Waals surface area contributed by atoms with Crippen molar-refractivity contribution in [1.82, 2.24) is 4.98 Å². The van der Waals surface area contributed by atoms with Crippen LogP contribution >= 0.6 is 11.6 Å². The minimum atomic E-state index is -4.66. The minimum absolute atomic E-state index is 0.0786. The summed E-state index contributed by atoms with van der Waals surface area (Å²) in [6.45, 7) is 0. The highest BCUT2D eigenvalue weighted by atomic mass is 35.5. The molecule has 4 nitrogen and oxygen atoms in total. The summed E-state index contributed by atoms with van der Waals surface area (Å²) in [6.07, 6.45) is -2.90. The third kappa shape index (κ3) is 3.02. The van der Waals surface area contributed by atoms with Crippen LogP contribution in [0.2, 0.25) is 5.15 Å². The molecule has 1 fully saturated rings. The van der Waals surface area contributed by atoms with Crippen LogP contribution in [0.3, 0.4) is 0 Å². The summed E-state index contributed by atoms with van der Waals surface area (Å²) in [5.41, 5.74) is -3.07. The van der Waals surface area contributed by atoms with Crippen LogP contribution in [0.1, 0.15) is 30.5 Å². The van der Waals surface area contributed by atoms with Gasteiger partial charge in [0, 0.05) is 11.8 Å². The van der Waals surface area contributed by atoms with Crippen molar-refractivity contribution in [2.45, 2.75) is 36.3 Å². The van der Waals surface area contributed by atoms with Crippen molar-refractivity contribution in [2.24, 2.45) is 0 Å². The average Bonchev–Trinajstić information content (AvgIpc) is 2.70. The van der Waals surface area contributed by atoms with Crippen molar-refractivity contribution in [3.63, 3.8) is 0 Å². The van der Waals surface area contributed by atoms with E-state index in [1.165, 1.54) is 0 Å². The van der Waals surface area contributed by atoms with Crippen molar-refractivity contribution in [2.75, 3.05) is 6.26 Å². The highest BCUT2D eigenvalue weighted by Gasteiger charge is 2.49. The second kappa shape index (κ2) is 5.10. The fourth-order valence-corrected chi connectivity index (χ4v) is 4.61. The number of alkyl halides is 3. The summed E-state index contributed by atoms with van der Waals surface area (Å²) in [4.78, 5) is 3.24. The molecule has 1 aliphatic carbocycles. The summed E-state index contributed by atoms with van der Waals surface area (Å²) in [6, 6.07) is 1.69. The van der Waals surface area contributed by atoms with Crippen molar-refractivity contribution in [3.8, 4) is 0 Å². The van der Waals surface area contributed by atoms with Gasteiger partial charge in [0.15, 0.2) is 9.84 Å². The predicted molar refractivity (Wildman–Crippen MR) is 70.6 cm³/mol. The Kier molecular flexibility index (Phi) is 4.01. The quantitative estimate of drug-likeness (QED) is 0.838. The number of rotatable bonds is 2. The van der Waals surface area contributed by atoms with Gasteiger partial charge in [0.2, 0.25) is 0 Å². The van der Waals surface area contributed by atoms with Gasteiger partial charge in [-0.15, -0.1) is 0 Å².